The Morgan fingerprint density at radius 1 is 1.20 bits per heavy atom. The first-order valence-corrected chi connectivity index (χ1v) is 5.45. The van der Waals surface area contributed by atoms with E-state index in [1.54, 1.807) is 0 Å². The number of H-pyrrole nitrogens is 1. The molecule has 2 nitrogen and oxygen atoms in total. The van der Waals surface area contributed by atoms with Crippen LogP contribution in [-0.4, -0.2) is 4.98 Å². The van der Waals surface area contributed by atoms with E-state index in [4.69, 9.17) is 0 Å². The lowest BCUT2D eigenvalue weighted by molar-refractivity contribution is 0.609. The summed E-state index contributed by atoms with van der Waals surface area (Å²) in [5.74, 6) is -1.45. The lowest BCUT2D eigenvalue weighted by Gasteiger charge is -2.03. The minimum atomic E-state index is -0.769. The molecule has 0 aliphatic carbocycles. The van der Waals surface area contributed by atoms with E-state index in [-0.39, 0.29) is 19.8 Å². The molecule has 2 rings (SSSR count). The topological polar surface area (TPSA) is 32.9 Å². The molecule has 0 saturated heterocycles. The van der Waals surface area contributed by atoms with Crippen molar-refractivity contribution >= 4 is 42.8 Å². The molecule has 1 aromatic heterocycles. The highest BCUT2D eigenvalue weighted by Gasteiger charge is 2.15. The van der Waals surface area contributed by atoms with E-state index >= 15 is 0 Å². The van der Waals surface area contributed by atoms with Gasteiger partial charge in [0, 0.05) is 6.20 Å². The first-order chi connectivity index (χ1) is 7.02. The fourth-order valence-electron chi connectivity index (χ4n) is 1.27. The van der Waals surface area contributed by atoms with Crippen molar-refractivity contribution in [2.45, 2.75) is 0 Å². The molecule has 0 radical (unpaired) electrons. The average Bonchev–Trinajstić information content (AvgIpc) is 2.19. The number of hydrogen-bond donors (Lipinski definition) is 1. The number of aromatic nitrogens is 1. The molecule has 15 heavy (non-hydrogen) atoms. The highest BCUT2D eigenvalue weighted by molar-refractivity contribution is 9.10. The first-order valence-electron chi connectivity index (χ1n) is 3.86. The number of aromatic amines is 1. The Morgan fingerprint density at radius 3 is 2.53 bits per heavy atom. The molecule has 0 amide bonds. The summed E-state index contributed by atoms with van der Waals surface area (Å²) in [4.78, 5) is 14.1. The van der Waals surface area contributed by atoms with E-state index in [1.165, 1.54) is 6.20 Å². The van der Waals surface area contributed by atoms with E-state index < -0.39 is 17.1 Å². The fourth-order valence-corrected chi connectivity index (χ4v) is 1.98. The zero-order valence-electron chi connectivity index (χ0n) is 7.07. The molecule has 0 bridgehead atoms. The first kappa shape index (κ1) is 10.8. The van der Waals surface area contributed by atoms with Crippen LogP contribution in [-0.2, 0) is 0 Å². The van der Waals surface area contributed by atoms with Gasteiger partial charge in [-0.1, -0.05) is 0 Å². The van der Waals surface area contributed by atoms with Gasteiger partial charge in [0.1, 0.15) is 5.82 Å². The van der Waals surface area contributed by atoms with E-state index in [2.05, 4.69) is 36.8 Å². The van der Waals surface area contributed by atoms with Crippen LogP contribution in [0.5, 0.6) is 0 Å². The maximum Gasteiger partial charge on any atom is 0.206 e. The van der Waals surface area contributed by atoms with Crippen molar-refractivity contribution in [1.82, 2.24) is 4.98 Å². The van der Waals surface area contributed by atoms with Crippen molar-refractivity contribution in [1.29, 1.82) is 0 Å². The van der Waals surface area contributed by atoms with Gasteiger partial charge in [-0.05, 0) is 37.9 Å². The number of pyridine rings is 1. The standard InChI is InChI=1S/C9H3Br2F2NO/c10-3-1-5(12)8-6(7(3)13)9(15)4(11)2-14-8/h1-2H,(H,14,15). The van der Waals surface area contributed by atoms with Gasteiger partial charge in [0.25, 0.3) is 0 Å². The smallest absolute Gasteiger partial charge is 0.206 e. The van der Waals surface area contributed by atoms with Gasteiger partial charge >= 0.3 is 0 Å². The maximum absolute atomic E-state index is 13.6. The van der Waals surface area contributed by atoms with Gasteiger partial charge in [0.2, 0.25) is 5.43 Å². The number of halogens is 4. The van der Waals surface area contributed by atoms with Crippen LogP contribution in [0.25, 0.3) is 10.9 Å². The Kier molecular flexibility index (Phi) is 2.64. The molecule has 0 fully saturated rings. The molecule has 0 aliphatic heterocycles. The van der Waals surface area contributed by atoms with Crippen molar-refractivity contribution in [3.05, 3.63) is 43.1 Å². The summed E-state index contributed by atoms with van der Waals surface area (Å²) in [5.41, 5.74) is -0.717. The zero-order valence-corrected chi connectivity index (χ0v) is 10.2. The second-order valence-corrected chi connectivity index (χ2v) is 4.58. The fraction of sp³-hybridized carbons (Fsp3) is 0. The Labute approximate surface area is 99.6 Å². The van der Waals surface area contributed by atoms with Gasteiger partial charge in [-0.25, -0.2) is 8.78 Å². The Balaban J connectivity index is 3.12. The number of rotatable bonds is 0. The SMILES string of the molecule is O=c1c(Br)c[nH]c2c(F)cc(Br)c(F)c12. The molecular formula is C9H3Br2F2NO. The molecule has 1 N–H and O–H groups in total. The van der Waals surface area contributed by atoms with E-state index in [1.807, 2.05) is 0 Å². The molecule has 1 aromatic carbocycles. The van der Waals surface area contributed by atoms with Gasteiger partial charge in [-0.15, -0.1) is 0 Å². The lowest BCUT2D eigenvalue weighted by Crippen LogP contribution is -2.07. The molecular weight excluding hydrogens is 336 g/mol. The predicted octanol–water partition coefficient (Wildman–Crippen LogP) is 3.33. The average molecular weight is 339 g/mol. The largest absolute Gasteiger partial charge is 0.357 e. The number of nitrogens with one attached hydrogen (secondary N) is 1. The second-order valence-electron chi connectivity index (χ2n) is 2.87. The van der Waals surface area contributed by atoms with Crippen molar-refractivity contribution in [3.63, 3.8) is 0 Å². The molecule has 6 heteroatoms. The van der Waals surface area contributed by atoms with Crippen molar-refractivity contribution < 1.29 is 8.78 Å². The quantitative estimate of drug-likeness (QED) is 0.734. The Hall–Kier alpha value is -0.750. The van der Waals surface area contributed by atoms with Gasteiger partial charge in [0.15, 0.2) is 5.82 Å². The zero-order chi connectivity index (χ0) is 11.2. The minimum absolute atomic E-state index is 0.0731. The summed E-state index contributed by atoms with van der Waals surface area (Å²) in [6, 6.07) is 0.974. The summed E-state index contributed by atoms with van der Waals surface area (Å²) in [6.45, 7) is 0. The summed E-state index contributed by atoms with van der Waals surface area (Å²) in [6.07, 6.45) is 1.28. The van der Waals surface area contributed by atoms with E-state index in [0.29, 0.717) is 0 Å². The van der Waals surface area contributed by atoms with Crippen LogP contribution in [0.15, 0.2) is 26.0 Å². The summed E-state index contributed by atoms with van der Waals surface area (Å²) >= 11 is 5.79. The van der Waals surface area contributed by atoms with Gasteiger partial charge in [0.05, 0.1) is 19.8 Å². The summed E-state index contributed by atoms with van der Waals surface area (Å²) < 4.78 is 27.0. The third-order valence-corrected chi connectivity index (χ3v) is 3.12. The van der Waals surface area contributed by atoms with Crippen molar-refractivity contribution in [2.75, 3.05) is 0 Å². The second kappa shape index (κ2) is 3.68. The third-order valence-electron chi connectivity index (χ3n) is 1.96. The minimum Gasteiger partial charge on any atom is -0.357 e. The molecule has 2 aromatic rings. The van der Waals surface area contributed by atoms with Gasteiger partial charge in [-0.3, -0.25) is 4.79 Å². The van der Waals surface area contributed by atoms with Crippen LogP contribution in [0, 0.1) is 11.6 Å². The molecule has 1 heterocycles. The molecule has 78 valence electrons. The Bertz CT molecular complexity index is 609. The van der Waals surface area contributed by atoms with Gasteiger partial charge < -0.3 is 4.98 Å². The molecule has 0 unspecified atom stereocenters. The number of hydrogen-bond acceptors (Lipinski definition) is 1. The van der Waals surface area contributed by atoms with Crippen molar-refractivity contribution in [2.24, 2.45) is 0 Å². The predicted molar refractivity (Wildman–Crippen MR) is 59.9 cm³/mol. The summed E-state index contributed by atoms with van der Waals surface area (Å²) in [5, 5.41) is -0.295. The van der Waals surface area contributed by atoms with E-state index in [0.717, 1.165) is 6.07 Å². The highest BCUT2D eigenvalue weighted by atomic mass is 79.9. The van der Waals surface area contributed by atoms with Gasteiger partial charge in [-0.2, -0.15) is 0 Å². The monoisotopic (exact) mass is 337 g/mol. The molecule has 0 spiro atoms. The van der Waals surface area contributed by atoms with Crippen molar-refractivity contribution in [3.8, 4) is 0 Å². The molecule has 0 aliphatic rings. The van der Waals surface area contributed by atoms with Crippen LogP contribution >= 0.6 is 31.9 Å². The van der Waals surface area contributed by atoms with Crippen LogP contribution in [0.3, 0.4) is 0 Å². The molecule has 0 saturated carbocycles. The van der Waals surface area contributed by atoms with Crippen LogP contribution in [0.1, 0.15) is 0 Å². The normalized spacial score (nSPS) is 10.9. The molecule has 0 atom stereocenters. The highest BCUT2D eigenvalue weighted by Crippen LogP contribution is 2.25. The van der Waals surface area contributed by atoms with Crippen LogP contribution < -0.4 is 5.43 Å². The van der Waals surface area contributed by atoms with Crippen LogP contribution in [0.4, 0.5) is 8.78 Å². The van der Waals surface area contributed by atoms with E-state index in [9.17, 15) is 13.6 Å². The lowest BCUT2D eigenvalue weighted by atomic mass is 10.2. The number of fused-ring (bicyclic) bond motifs is 1. The Morgan fingerprint density at radius 2 is 1.87 bits per heavy atom. The maximum atomic E-state index is 13.6. The van der Waals surface area contributed by atoms with Crippen LogP contribution in [0.2, 0.25) is 0 Å². The number of benzene rings is 1. The summed E-state index contributed by atoms with van der Waals surface area (Å²) in [7, 11) is 0. The third kappa shape index (κ3) is 1.61.